The van der Waals surface area contributed by atoms with E-state index in [2.05, 4.69) is 21.3 Å². The summed E-state index contributed by atoms with van der Waals surface area (Å²) in [6.07, 6.45) is -0.700. The van der Waals surface area contributed by atoms with Crippen molar-refractivity contribution in [1.29, 1.82) is 0 Å². The lowest BCUT2D eigenvalue weighted by Gasteiger charge is -2.26. The maximum absolute atomic E-state index is 14.2. The van der Waals surface area contributed by atoms with Crippen molar-refractivity contribution in [1.82, 2.24) is 16.0 Å². The van der Waals surface area contributed by atoms with Crippen LogP contribution in [0.2, 0.25) is 10.0 Å². The molecule has 0 radical (unpaired) electrons. The summed E-state index contributed by atoms with van der Waals surface area (Å²) >= 11 is 14.0. The first-order chi connectivity index (χ1) is 25.4. The van der Waals surface area contributed by atoms with E-state index in [9.17, 15) is 33.9 Å². The highest BCUT2D eigenvalue weighted by molar-refractivity contribution is 7.09. The van der Waals surface area contributed by atoms with Crippen molar-refractivity contribution in [3.63, 3.8) is 0 Å². The predicted octanol–water partition coefficient (Wildman–Crippen LogP) is 5.17. The fourth-order valence-electron chi connectivity index (χ4n) is 5.95. The molecule has 0 unspecified atom stereocenters. The van der Waals surface area contributed by atoms with Gasteiger partial charge in [-0.05, 0) is 65.2 Å². The van der Waals surface area contributed by atoms with Crippen LogP contribution >= 0.6 is 34.5 Å². The fourth-order valence-corrected chi connectivity index (χ4v) is 7.19. The summed E-state index contributed by atoms with van der Waals surface area (Å²) in [4.78, 5) is 81.3. The number of thiophene rings is 1. The maximum Gasteiger partial charge on any atom is 0.307 e. The van der Waals surface area contributed by atoms with Crippen LogP contribution in [-0.4, -0.2) is 58.6 Å². The average molecular weight is 778 g/mol. The number of carboxylic acid groups (broad SMARTS) is 1. The summed E-state index contributed by atoms with van der Waals surface area (Å²) < 4.78 is 0. The molecule has 2 bridgehead atoms. The standard InChI is InChI=1S/C39H38Cl2N4O7S/c40-27-11-10-25(30(41)21-27)19-32-37(49)44-31(18-23-5-2-1-3-6-23)34(46)20-26(39(51)52)17-24-8-12-28(13-9-24)42-35(47)14-15-36(48)43-33(38(50)45-32)22-29-7-4-16-53-29/h1-13,16,21,26,31-33H,14-15,17-20,22H2,(H,42,47)(H,43,48)(H,44,49)(H,45,50)(H,51,52)/t26-,31-,32+,33-/m1/s1. The Balaban J connectivity index is 1.51. The minimum atomic E-state index is -1.29. The molecule has 14 heteroatoms. The molecular formula is C39H38Cl2N4O7S. The second-order valence-corrected chi connectivity index (χ2v) is 14.7. The zero-order valence-corrected chi connectivity index (χ0v) is 30.8. The topological polar surface area (TPSA) is 171 Å². The van der Waals surface area contributed by atoms with Gasteiger partial charge in [0.2, 0.25) is 23.6 Å². The summed E-state index contributed by atoms with van der Waals surface area (Å²) in [5.41, 5.74) is 2.27. The summed E-state index contributed by atoms with van der Waals surface area (Å²) in [5.74, 6) is -5.20. The molecule has 0 saturated heterocycles. The molecule has 53 heavy (non-hydrogen) atoms. The Bertz CT molecular complexity index is 1940. The van der Waals surface area contributed by atoms with Gasteiger partial charge in [-0.25, -0.2) is 0 Å². The first-order valence-electron chi connectivity index (χ1n) is 17.0. The molecule has 3 heterocycles. The number of rotatable bonds is 7. The van der Waals surface area contributed by atoms with Crippen molar-refractivity contribution in [2.24, 2.45) is 5.92 Å². The number of amides is 4. The van der Waals surface area contributed by atoms with Crippen LogP contribution in [0.25, 0.3) is 0 Å². The zero-order chi connectivity index (χ0) is 37.9. The molecule has 6 rings (SSSR count). The lowest BCUT2D eigenvalue weighted by atomic mass is 9.90. The van der Waals surface area contributed by atoms with E-state index in [0.717, 1.165) is 10.4 Å². The number of anilines is 1. The monoisotopic (exact) mass is 776 g/mol. The number of ketones is 1. The number of carbonyl (C=O) groups excluding carboxylic acids is 5. The summed E-state index contributed by atoms with van der Waals surface area (Å²) in [5, 5.41) is 23.6. The van der Waals surface area contributed by atoms with Crippen molar-refractivity contribution in [3.8, 4) is 0 Å². The molecule has 2 aliphatic rings. The number of hydrogen-bond donors (Lipinski definition) is 5. The molecule has 0 fully saturated rings. The molecule has 2 aliphatic heterocycles. The minimum Gasteiger partial charge on any atom is -0.481 e. The van der Waals surface area contributed by atoms with E-state index < -0.39 is 59.4 Å². The highest BCUT2D eigenvalue weighted by Gasteiger charge is 2.33. The maximum atomic E-state index is 14.2. The van der Waals surface area contributed by atoms with Crippen LogP contribution in [0.5, 0.6) is 0 Å². The van der Waals surface area contributed by atoms with Crippen molar-refractivity contribution in [2.75, 3.05) is 5.32 Å². The van der Waals surface area contributed by atoms with E-state index in [4.69, 9.17) is 23.2 Å². The number of carboxylic acids is 1. The summed E-state index contributed by atoms with van der Waals surface area (Å²) in [6.45, 7) is 0. The smallest absolute Gasteiger partial charge is 0.307 e. The third-order valence-corrected chi connectivity index (χ3v) is 10.3. The van der Waals surface area contributed by atoms with E-state index in [1.807, 2.05) is 23.6 Å². The largest absolute Gasteiger partial charge is 0.481 e. The lowest BCUT2D eigenvalue weighted by molar-refractivity contribution is -0.144. The van der Waals surface area contributed by atoms with E-state index in [0.29, 0.717) is 21.8 Å². The van der Waals surface area contributed by atoms with Crippen LogP contribution in [-0.2, 0) is 54.5 Å². The number of fused-ring (bicyclic) bond motifs is 18. The molecule has 4 atom stereocenters. The van der Waals surface area contributed by atoms with Crippen molar-refractivity contribution >= 4 is 75.6 Å². The van der Waals surface area contributed by atoms with Gasteiger partial charge in [0.25, 0.3) is 0 Å². The Morgan fingerprint density at radius 1 is 0.717 bits per heavy atom. The molecule has 4 amide bonds. The second-order valence-electron chi connectivity index (χ2n) is 12.8. The quantitative estimate of drug-likeness (QED) is 0.161. The molecule has 1 aromatic heterocycles. The zero-order valence-electron chi connectivity index (χ0n) is 28.5. The Morgan fingerprint density at radius 2 is 1.40 bits per heavy atom. The summed E-state index contributed by atoms with van der Waals surface area (Å²) in [6, 6.07) is 20.3. The molecule has 4 aromatic rings. The normalized spacial score (nSPS) is 20.8. The van der Waals surface area contributed by atoms with Gasteiger partial charge in [-0.1, -0.05) is 77.8 Å². The Hall–Kier alpha value is -5.04. The van der Waals surface area contributed by atoms with Gasteiger partial charge in [0.15, 0.2) is 5.78 Å². The van der Waals surface area contributed by atoms with Crippen LogP contribution in [0, 0.1) is 5.92 Å². The lowest BCUT2D eigenvalue weighted by Crippen LogP contribution is -2.57. The Kier molecular flexibility index (Phi) is 13.8. The van der Waals surface area contributed by atoms with Gasteiger partial charge in [-0.2, -0.15) is 0 Å². The van der Waals surface area contributed by atoms with Gasteiger partial charge in [-0.15, -0.1) is 11.3 Å². The molecule has 0 saturated carbocycles. The highest BCUT2D eigenvalue weighted by Crippen LogP contribution is 2.23. The van der Waals surface area contributed by atoms with E-state index >= 15 is 0 Å². The number of Topliss-reactive ketones (excluding diaryl/α,β-unsaturated/α-hetero) is 1. The van der Waals surface area contributed by atoms with E-state index in [1.54, 1.807) is 60.7 Å². The molecular weight excluding hydrogens is 739 g/mol. The van der Waals surface area contributed by atoms with Crippen LogP contribution < -0.4 is 21.3 Å². The van der Waals surface area contributed by atoms with Crippen molar-refractivity contribution < 1.29 is 33.9 Å². The van der Waals surface area contributed by atoms with Crippen LogP contribution in [0.1, 0.15) is 40.8 Å². The average Bonchev–Trinajstić information content (AvgIpc) is 3.64. The van der Waals surface area contributed by atoms with Crippen LogP contribution in [0.3, 0.4) is 0 Å². The molecule has 11 nitrogen and oxygen atoms in total. The van der Waals surface area contributed by atoms with Gasteiger partial charge >= 0.3 is 5.97 Å². The molecule has 3 aromatic carbocycles. The second kappa shape index (κ2) is 18.6. The number of hydrogen-bond acceptors (Lipinski definition) is 7. The number of aliphatic carboxylic acids is 1. The third-order valence-electron chi connectivity index (χ3n) is 8.79. The van der Waals surface area contributed by atoms with Crippen LogP contribution in [0.15, 0.2) is 90.3 Å². The fraction of sp³-hybridized carbons (Fsp3) is 0.282. The minimum absolute atomic E-state index is 0.0147. The van der Waals surface area contributed by atoms with Crippen LogP contribution in [0.4, 0.5) is 5.69 Å². The SMILES string of the molecule is O=C1CCC(=O)N[C@H](Cc2cccs2)C(=O)N[C@@H](Cc2ccc(Cl)cc2Cl)C(=O)N[C@H](Cc2ccccc2)C(=O)C[C@H](C(=O)O)Cc2ccc(cc2)N1. The van der Waals surface area contributed by atoms with Gasteiger partial charge in [0.1, 0.15) is 12.1 Å². The van der Waals surface area contributed by atoms with Gasteiger partial charge in [0.05, 0.1) is 12.0 Å². The van der Waals surface area contributed by atoms with Gasteiger partial charge in [-0.3, -0.25) is 28.8 Å². The molecule has 0 spiro atoms. The van der Waals surface area contributed by atoms with Gasteiger partial charge in [0, 0.05) is 52.7 Å². The number of carbonyl (C=O) groups is 6. The number of halogens is 2. The van der Waals surface area contributed by atoms with Gasteiger partial charge < -0.3 is 26.4 Å². The first kappa shape index (κ1) is 39.2. The number of nitrogens with one attached hydrogen (secondary N) is 4. The summed E-state index contributed by atoms with van der Waals surface area (Å²) in [7, 11) is 0. The Morgan fingerprint density at radius 3 is 2.06 bits per heavy atom. The third kappa shape index (κ3) is 11.7. The van der Waals surface area contributed by atoms with E-state index in [-0.39, 0.29) is 50.0 Å². The highest BCUT2D eigenvalue weighted by atomic mass is 35.5. The first-order valence-corrected chi connectivity index (χ1v) is 18.6. The predicted molar refractivity (Wildman–Crippen MR) is 203 cm³/mol. The Labute approximate surface area is 320 Å². The molecule has 276 valence electrons. The van der Waals surface area contributed by atoms with Crippen molar-refractivity contribution in [2.45, 2.75) is 63.1 Å². The number of benzene rings is 3. The van der Waals surface area contributed by atoms with E-state index in [1.165, 1.54) is 17.4 Å². The molecule has 0 aliphatic carbocycles. The molecule has 5 N–H and O–H groups in total. The van der Waals surface area contributed by atoms with Crippen molar-refractivity contribution in [3.05, 3.63) is 122 Å².